The van der Waals surface area contributed by atoms with Crippen molar-refractivity contribution >= 4 is 22.8 Å². The van der Waals surface area contributed by atoms with Gasteiger partial charge in [0.25, 0.3) is 0 Å². The second-order valence-corrected chi connectivity index (χ2v) is 5.61. The Morgan fingerprint density at radius 2 is 2.05 bits per heavy atom. The first-order chi connectivity index (χ1) is 9.15. The number of nitrogens with one attached hydrogen (secondary N) is 1. The minimum absolute atomic E-state index is 0.341. The molecule has 0 bridgehead atoms. The quantitative estimate of drug-likeness (QED) is 0.889. The van der Waals surface area contributed by atoms with Gasteiger partial charge in [-0.2, -0.15) is 9.97 Å². The van der Waals surface area contributed by atoms with E-state index in [1.165, 1.54) is 25.7 Å². The maximum Gasteiger partial charge on any atom is 0.223 e. The second-order valence-electron chi connectivity index (χ2n) is 5.61. The molecule has 0 aliphatic heterocycles. The van der Waals surface area contributed by atoms with Crippen molar-refractivity contribution in [3.8, 4) is 0 Å². The molecule has 1 fully saturated rings. The Labute approximate surface area is 113 Å². The summed E-state index contributed by atoms with van der Waals surface area (Å²) in [5.74, 6) is 1.22. The molecule has 2 aromatic rings. The van der Waals surface area contributed by atoms with E-state index in [9.17, 15) is 0 Å². The number of aromatic nitrogens is 3. The fourth-order valence-corrected chi connectivity index (χ4v) is 2.84. The van der Waals surface area contributed by atoms with Gasteiger partial charge in [-0.15, -0.1) is 0 Å². The zero-order valence-electron chi connectivity index (χ0n) is 11.6. The summed E-state index contributed by atoms with van der Waals surface area (Å²) in [5.41, 5.74) is 6.77. The van der Waals surface area contributed by atoms with E-state index in [0.717, 1.165) is 16.9 Å². The molecule has 3 rings (SSSR count). The minimum Gasteiger partial charge on any atom is -0.368 e. The molecule has 1 aliphatic rings. The van der Waals surface area contributed by atoms with E-state index in [0.29, 0.717) is 18.0 Å². The topological polar surface area (TPSA) is 68.8 Å². The molecule has 2 heterocycles. The van der Waals surface area contributed by atoms with Crippen LogP contribution in [0.2, 0.25) is 0 Å². The highest BCUT2D eigenvalue weighted by molar-refractivity contribution is 5.88. The summed E-state index contributed by atoms with van der Waals surface area (Å²) >= 11 is 0. The molecule has 1 saturated carbocycles. The van der Waals surface area contributed by atoms with E-state index in [4.69, 9.17) is 5.73 Å². The Kier molecular flexibility index (Phi) is 3.05. The van der Waals surface area contributed by atoms with Crippen molar-refractivity contribution in [2.45, 2.75) is 51.6 Å². The Balaban J connectivity index is 2.03. The first kappa shape index (κ1) is 12.3. The second kappa shape index (κ2) is 4.72. The molecule has 0 amide bonds. The van der Waals surface area contributed by atoms with Gasteiger partial charge in [0.1, 0.15) is 11.5 Å². The number of hydrogen-bond acceptors (Lipinski definition) is 4. The Bertz CT molecular complexity index is 581. The third kappa shape index (κ3) is 2.25. The summed E-state index contributed by atoms with van der Waals surface area (Å²) in [5, 5.41) is 4.60. The molecule has 0 spiro atoms. The SMILES string of the molecule is CC(C)n1ccc2c(NC3CCCC3)nc(N)nc21. The van der Waals surface area contributed by atoms with Crippen LogP contribution in [0.3, 0.4) is 0 Å². The predicted octanol–water partition coefficient (Wildman–Crippen LogP) is 2.95. The first-order valence-electron chi connectivity index (χ1n) is 7.05. The molecule has 0 aromatic carbocycles. The molecule has 5 nitrogen and oxygen atoms in total. The normalized spacial score (nSPS) is 16.6. The number of rotatable bonds is 3. The number of nitrogens with zero attached hydrogens (tertiary/aromatic N) is 3. The fourth-order valence-electron chi connectivity index (χ4n) is 2.84. The van der Waals surface area contributed by atoms with Crippen molar-refractivity contribution in [2.24, 2.45) is 0 Å². The highest BCUT2D eigenvalue weighted by atomic mass is 15.1. The number of anilines is 2. The highest BCUT2D eigenvalue weighted by Gasteiger charge is 2.18. The molecular weight excluding hydrogens is 238 g/mol. The highest BCUT2D eigenvalue weighted by Crippen LogP contribution is 2.28. The van der Waals surface area contributed by atoms with Gasteiger partial charge in [-0.25, -0.2) is 0 Å². The van der Waals surface area contributed by atoms with Crippen LogP contribution in [0, 0.1) is 0 Å². The molecule has 102 valence electrons. The van der Waals surface area contributed by atoms with Crippen LogP contribution >= 0.6 is 0 Å². The lowest BCUT2D eigenvalue weighted by atomic mass is 10.2. The molecule has 1 aliphatic carbocycles. The molecule has 0 atom stereocenters. The van der Waals surface area contributed by atoms with Crippen LogP contribution < -0.4 is 11.1 Å². The lowest BCUT2D eigenvalue weighted by Gasteiger charge is -2.14. The molecule has 2 aromatic heterocycles. The largest absolute Gasteiger partial charge is 0.368 e. The lowest BCUT2D eigenvalue weighted by Crippen LogP contribution is -2.16. The summed E-state index contributed by atoms with van der Waals surface area (Å²) in [6.07, 6.45) is 7.10. The summed E-state index contributed by atoms with van der Waals surface area (Å²) in [6.45, 7) is 4.28. The molecule has 0 radical (unpaired) electrons. The standard InChI is InChI=1S/C14H21N5/c1-9(2)19-8-7-11-12(16-10-5-3-4-6-10)17-14(15)18-13(11)19/h7-10H,3-6H2,1-2H3,(H3,15,16,17,18). The average molecular weight is 259 g/mol. The zero-order valence-corrected chi connectivity index (χ0v) is 11.6. The smallest absolute Gasteiger partial charge is 0.223 e. The first-order valence-corrected chi connectivity index (χ1v) is 7.05. The van der Waals surface area contributed by atoms with E-state index >= 15 is 0 Å². The fraction of sp³-hybridized carbons (Fsp3) is 0.571. The van der Waals surface area contributed by atoms with Crippen LogP contribution in [-0.4, -0.2) is 20.6 Å². The van der Waals surface area contributed by atoms with Gasteiger partial charge in [-0.1, -0.05) is 12.8 Å². The van der Waals surface area contributed by atoms with Crippen LogP contribution in [0.15, 0.2) is 12.3 Å². The maximum atomic E-state index is 5.85. The van der Waals surface area contributed by atoms with Gasteiger partial charge in [0.05, 0.1) is 5.39 Å². The molecule has 0 saturated heterocycles. The van der Waals surface area contributed by atoms with Crippen LogP contribution in [0.4, 0.5) is 11.8 Å². The van der Waals surface area contributed by atoms with Gasteiger partial charge in [-0.05, 0) is 32.8 Å². The molecule has 3 N–H and O–H groups in total. The number of nitrogens with two attached hydrogens (primary N) is 1. The molecular formula is C14H21N5. The third-order valence-electron chi connectivity index (χ3n) is 3.84. The van der Waals surface area contributed by atoms with Gasteiger partial charge in [0.15, 0.2) is 0 Å². The lowest BCUT2D eigenvalue weighted by molar-refractivity contribution is 0.618. The number of fused-ring (bicyclic) bond motifs is 1. The van der Waals surface area contributed by atoms with Crippen LogP contribution in [0.5, 0.6) is 0 Å². The minimum atomic E-state index is 0.341. The van der Waals surface area contributed by atoms with Crippen molar-refractivity contribution in [2.75, 3.05) is 11.1 Å². The van der Waals surface area contributed by atoms with Gasteiger partial charge < -0.3 is 15.6 Å². The maximum absolute atomic E-state index is 5.85. The van der Waals surface area contributed by atoms with Crippen LogP contribution in [0.1, 0.15) is 45.6 Å². The Morgan fingerprint density at radius 3 is 2.74 bits per heavy atom. The van der Waals surface area contributed by atoms with E-state index in [1.54, 1.807) is 0 Å². The van der Waals surface area contributed by atoms with E-state index < -0.39 is 0 Å². The predicted molar refractivity (Wildman–Crippen MR) is 78.2 cm³/mol. The Morgan fingerprint density at radius 1 is 1.32 bits per heavy atom. The van der Waals surface area contributed by atoms with E-state index in [-0.39, 0.29) is 0 Å². The van der Waals surface area contributed by atoms with Gasteiger partial charge in [0, 0.05) is 18.3 Å². The summed E-state index contributed by atoms with van der Waals surface area (Å²) < 4.78 is 2.13. The zero-order chi connectivity index (χ0) is 13.4. The summed E-state index contributed by atoms with van der Waals surface area (Å²) in [4.78, 5) is 8.76. The number of hydrogen-bond donors (Lipinski definition) is 2. The van der Waals surface area contributed by atoms with Crippen molar-refractivity contribution < 1.29 is 0 Å². The summed E-state index contributed by atoms with van der Waals surface area (Å²) in [6, 6.07) is 2.97. The third-order valence-corrected chi connectivity index (χ3v) is 3.84. The van der Waals surface area contributed by atoms with Crippen LogP contribution in [0.25, 0.3) is 11.0 Å². The van der Waals surface area contributed by atoms with Crippen LogP contribution in [-0.2, 0) is 0 Å². The summed E-state index contributed by atoms with van der Waals surface area (Å²) in [7, 11) is 0. The van der Waals surface area contributed by atoms with Gasteiger partial charge >= 0.3 is 0 Å². The Hall–Kier alpha value is -1.78. The van der Waals surface area contributed by atoms with Crippen molar-refractivity contribution in [1.29, 1.82) is 0 Å². The molecule has 0 unspecified atom stereocenters. The van der Waals surface area contributed by atoms with Crippen molar-refractivity contribution in [1.82, 2.24) is 14.5 Å². The van der Waals surface area contributed by atoms with E-state index in [2.05, 4.69) is 46.0 Å². The van der Waals surface area contributed by atoms with Crippen molar-refractivity contribution in [3.05, 3.63) is 12.3 Å². The van der Waals surface area contributed by atoms with Gasteiger partial charge in [-0.3, -0.25) is 0 Å². The van der Waals surface area contributed by atoms with Gasteiger partial charge in [0.2, 0.25) is 5.95 Å². The van der Waals surface area contributed by atoms with Crippen molar-refractivity contribution in [3.63, 3.8) is 0 Å². The molecule has 5 heteroatoms. The number of nitrogen functional groups attached to an aromatic ring is 1. The van der Waals surface area contributed by atoms with E-state index in [1.807, 2.05) is 0 Å². The average Bonchev–Trinajstić information content (AvgIpc) is 2.97. The molecule has 19 heavy (non-hydrogen) atoms. The monoisotopic (exact) mass is 259 g/mol.